The van der Waals surface area contributed by atoms with E-state index in [1.165, 1.54) is 29.8 Å². The topological polar surface area (TPSA) is 12.5 Å². The van der Waals surface area contributed by atoms with Crippen LogP contribution in [0.4, 0.5) is 11.4 Å². The Labute approximate surface area is 114 Å². The number of anilines is 2. The van der Waals surface area contributed by atoms with Crippen molar-refractivity contribution in [2.24, 2.45) is 0 Å². The molecule has 1 heterocycles. The minimum Gasteiger partial charge on any atom is -0.492 e. The number of hydrogen-bond donors (Lipinski definition) is 0. The van der Waals surface area contributed by atoms with E-state index in [0.717, 1.165) is 12.3 Å². The number of rotatable bonds is 3. The Kier molecular flexibility index (Phi) is 3.41. The third-order valence-electron chi connectivity index (χ3n) is 3.57. The van der Waals surface area contributed by atoms with Gasteiger partial charge in [0.15, 0.2) is 0 Å². The van der Waals surface area contributed by atoms with E-state index in [2.05, 4.69) is 47.4 Å². The standard InChI is InChI=1S/C17H19NO/c1-2-19-17-12-6-5-11-16(17)18-13-7-9-14-8-3-4-10-15(14)18/h3-6,8,10-12H,2,7,9,13H2,1H3. The molecule has 1 aliphatic rings. The largest absolute Gasteiger partial charge is 0.492 e. The molecule has 0 spiro atoms. The highest BCUT2D eigenvalue weighted by Gasteiger charge is 2.20. The molecule has 0 saturated heterocycles. The van der Waals surface area contributed by atoms with E-state index in [9.17, 15) is 0 Å². The van der Waals surface area contributed by atoms with Gasteiger partial charge in [-0.3, -0.25) is 0 Å². The van der Waals surface area contributed by atoms with Gasteiger partial charge in [-0.05, 0) is 43.5 Å². The molecule has 2 aromatic rings. The van der Waals surface area contributed by atoms with Crippen LogP contribution < -0.4 is 9.64 Å². The normalized spacial score (nSPS) is 14.1. The summed E-state index contributed by atoms with van der Waals surface area (Å²) in [5.41, 5.74) is 3.93. The Hall–Kier alpha value is -1.96. The van der Waals surface area contributed by atoms with Crippen molar-refractivity contribution in [1.82, 2.24) is 0 Å². The molecule has 2 nitrogen and oxygen atoms in total. The van der Waals surface area contributed by atoms with Crippen molar-refractivity contribution in [1.29, 1.82) is 0 Å². The summed E-state index contributed by atoms with van der Waals surface area (Å²) in [5, 5.41) is 0. The Morgan fingerprint density at radius 2 is 1.74 bits per heavy atom. The summed E-state index contributed by atoms with van der Waals surface area (Å²) in [7, 11) is 0. The first-order valence-electron chi connectivity index (χ1n) is 6.97. The van der Waals surface area contributed by atoms with Crippen molar-refractivity contribution in [2.75, 3.05) is 18.1 Å². The summed E-state index contributed by atoms with van der Waals surface area (Å²) in [6, 6.07) is 17.0. The van der Waals surface area contributed by atoms with Crippen LogP contribution in [-0.4, -0.2) is 13.2 Å². The molecule has 19 heavy (non-hydrogen) atoms. The van der Waals surface area contributed by atoms with E-state index in [1.54, 1.807) is 0 Å². The van der Waals surface area contributed by atoms with Crippen LogP contribution in [0.25, 0.3) is 0 Å². The van der Waals surface area contributed by atoms with Gasteiger partial charge in [0.25, 0.3) is 0 Å². The third kappa shape index (κ3) is 2.30. The minimum absolute atomic E-state index is 0.701. The lowest BCUT2D eigenvalue weighted by atomic mass is 10.0. The maximum absolute atomic E-state index is 5.76. The lowest BCUT2D eigenvalue weighted by Gasteiger charge is -2.32. The number of benzene rings is 2. The number of para-hydroxylation sites is 3. The molecule has 0 aromatic heterocycles. The first kappa shape index (κ1) is 12.1. The predicted molar refractivity (Wildman–Crippen MR) is 79.4 cm³/mol. The fraction of sp³-hybridized carbons (Fsp3) is 0.294. The van der Waals surface area contributed by atoms with Gasteiger partial charge in [0.05, 0.1) is 12.3 Å². The fourth-order valence-corrected chi connectivity index (χ4v) is 2.74. The number of fused-ring (bicyclic) bond motifs is 1. The molecular weight excluding hydrogens is 234 g/mol. The molecule has 0 N–H and O–H groups in total. The van der Waals surface area contributed by atoms with Crippen LogP contribution in [0.5, 0.6) is 5.75 Å². The van der Waals surface area contributed by atoms with Crippen molar-refractivity contribution in [3.8, 4) is 5.75 Å². The third-order valence-corrected chi connectivity index (χ3v) is 3.57. The first-order chi connectivity index (χ1) is 9.40. The Morgan fingerprint density at radius 1 is 1.00 bits per heavy atom. The van der Waals surface area contributed by atoms with E-state index in [0.29, 0.717) is 6.61 Å². The van der Waals surface area contributed by atoms with E-state index in [-0.39, 0.29) is 0 Å². The second-order valence-corrected chi connectivity index (χ2v) is 4.78. The van der Waals surface area contributed by atoms with Gasteiger partial charge in [-0.2, -0.15) is 0 Å². The summed E-state index contributed by atoms with van der Waals surface area (Å²) < 4.78 is 5.76. The van der Waals surface area contributed by atoms with E-state index < -0.39 is 0 Å². The molecule has 2 aromatic carbocycles. The molecule has 0 bridgehead atoms. The number of hydrogen-bond acceptors (Lipinski definition) is 2. The van der Waals surface area contributed by atoms with Gasteiger partial charge < -0.3 is 9.64 Å². The average Bonchev–Trinajstić information content (AvgIpc) is 2.48. The molecule has 0 radical (unpaired) electrons. The lowest BCUT2D eigenvalue weighted by molar-refractivity contribution is 0.341. The van der Waals surface area contributed by atoms with E-state index in [1.807, 2.05) is 13.0 Å². The van der Waals surface area contributed by atoms with Gasteiger partial charge in [-0.15, -0.1) is 0 Å². The smallest absolute Gasteiger partial charge is 0.142 e. The van der Waals surface area contributed by atoms with E-state index >= 15 is 0 Å². The average molecular weight is 253 g/mol. The molecule has 3 rings (SSSR count). The summed E-state index contributed by atoms with van der Waals surface area (Å²) in [4.78, 5) is 2.38. The molecule has 2 heteroatoms. The van der Waals surface area contributed by atoms with Crippen molar-refractivity contribution >= 4 is 11.4 Å². The Balaban J connectivity index is 2.04. The fourth-order valence-electron chi connectivity index (χ4n) is 2.74. The van der Waals surface area contributed by atoms with Crippen molar-refractivity contribution in [3.05, 3.63) is 54.1 Å². The van der Waals surface area contributed by atoms with Gasteiger partial charge in [0.1, 0.15) is 5.75 Å². The van der Waals surface area contributed by atoms with Gasteiger partial charge >= 0.3 is 0 Å². The van der Waals surface area contributed by atoms with Crippen molar-refractivity contribution in [3.63, 3.8) is 0 Å². The van der Waals surface area contributed by atoms with Gasteiger partial charge in [0.2, 0.25) is 0 Å². The number of nitrogens with zero attached hydrogens (tertiary/aromatic N) is 1. The van der Waals surface area contributed by atoms with Crippen LogP contribution in [0.1, 0.15) is 18.9 Å². The molecule has 0 atom stereocenters. The van der Waals surface area contributed by atoms with Crippen LogP contribution in [0.15, 0.2) is 48.5 Å². The van der Waals surface area contributed by atoms with Crippen LogP contribution >= 0.6 is 0 Å². The lowest BCUT2D eigenvalue weighted by Crippen LogP contribution is -2.24. The highest BCUT2D eigenvalue weighted by atomic mass is 16.5. The second kappa shape index (κ2) is 5.35. The highest BCUT2D eigenvalue weighted by Crippen LogP contribution is 2.38. The molecule has 98 valence electrons. The van der Waals surface area contributed by atoms with Crippen LogP contribution in [-0.2, 0) is 6.42 Å². The van der Waals surface area contributed by atoms with Gasteiger partial charge in [-0.1, -0.05) is 30.3 Å². The van der Waals surface area contributed by atoms with Crippen molar-refractivity contribution in [2.45, 2.75) is 19.8 Å². The Morgan fingerprint density at radius 3 is 2.58 bits per heavy atom. The molecule has 0 saturated carbocycles. The molecule has 0 aliphatic carbocycles. The van der Waals surface area contributed by atoms with Crippen molar-refractivity contribution < 1.29 is 4.74 Å². The van der Waals surface area contributed by atoms with Crippen LogP contribution in [0.2, 0.25) is 0 Å². The summed E-state index contributed by atoms with van der Waals surface area (Å²) >= 11 is 0. The molecule has 1 aliphatic heterocycles. The number of aryl methyl sites for hydroxylation is 1. The first-order valence-corrected chi connectivity index (χ1v) is 6.97. The zero-order valence-electron chi connectivity index (χ0n) is 11.3. The summed E-state index contributed by atoms with van der Waals surface area (Å²) in [5.74, 6) is 0.974. The van der Waals surface area contributed by atoms with Crippen LogP contribution in [0, 0.1) is 0 Å². The maximum atomic E-state index is 5.76. The zero-order valence-corrected chi connectivity index (χ0v) is 11.3. The molecular formula is C17H19NO. The minimum atomic E-state index is 0.701. The molecule has 0 unspecified atom stereocenters. The quantitative estimate of drug-likeness (QED) is 0.814. The van der Waals surface area contributed by atoms with Gasteiger partial charge in [0, 0.05) is 12.2 Å². The predicted octanol–water partition coefficient (Wildman–Crippen LogP) is 4.17. The summed E-state index contributed by atoms with van der Waals surface area (Å²) in [6.45, 7) is 3.79. The van der Waals surface area contributed by atoms with Gasteiger partial charge in [-0.25, -0.2) is 0 Å². The van der Waals surface area contributed by atoms with E-state index in [4.69, 9.17) is 4.74 Å². The SMILES string of the molecule is CCOc1ccccc1N1CCCc2ccccc21. The molecule has 0 fully saturated rings. The zero-order chi connectivity index (χ0) is 13.1. The summed E-state index contributed by atoms with van der Waals surface area (Å²) in [6.07, 6.45) is 2.36. The maximum Gasteiger partial charge on any atom is 0.142 e. The molecule has 0 amide bonds. The number of ether oxygens (including phenoxy) is 1. The Bertz CT molecular complexity index is 565. The second-order valence-electron chi connectivity index (χ2n) is 4.78. The highest BCUT2D eigenvalue weighted by molar-refractivity contribution is 5.72. The van der Waals surface area contributed by atoms with Crippen LogP contribution in [0.3, 0.4) is 0 Å². The monoisotopic (exact) mass is 253 g/mol.